The van der Waals surface area contributed by atoms with Crippen LogP contribution in [0.3, 0.4) is 0 Å². The van der Waals surface area contributed by atoms with Gasteiger partial charge in [-0.1, -0.05) is 18.2 Å². The molecule has 6 nitrogen and oxygen atoms in total. The van der Waals surface area contributed by atoms with E-state index in [0.29, 0.717) is 5.56 Å². The first-order chi connectivity index (χ1) is 9.96. The minimum absolute atomic E-state index is 0.0784. The van der Waals surface area contributed by atoms with Crippen molar-refractivity contribution in [1.29, 1.82) is 0 Å². The van der Waals surface area contributed by atoms with Crippen molar-refractivity contribution in [2.75, 3.05) is 6.61 Å². The van der Waals surface area contributed by atoms with Crippen LogP contribution in [0.2, 0.25) is 0 Å². The van der Waals surface area contributed by atoms with Crippen molar-refractivity contribution in [3.05, 3.63) is 35.9 Å². The lowest BCUT2D eigenvalue weighted by Crippen LogP contribution is -2.43. The SMILES string of the molecule is CC1(C)O[C@H]2O[C@H](COC(=O)c3ccccc3)[C@@H](N)[C@H]2O1. The van der Waals surface area contributed by atoms with Crippen LogP contribution in [-0.2, 0) is 18.9 Å². The van der Waals surface area contributed by atoms with E-state index in [1.807, 2.05) is 19.9 Å². The van der Waals surface area contributed by atoms with Crippen molar-refractivity contribution in [3.63, 3.8) is 0 Å². The average molecular weight is 293 g/mol. The zero-order valence-corrected chi connectivity index (χ0v) is 12.0. The second kappa shape index (κ2) is 5.38. The summed E-state index contributed by atoms with van der Waals surface area (Å²) in [4.78, 5) is 11.9. The second-order valence-corrected chi connectivity index (χ2v) is 5.68. The average Bonchev–Trinajstić information content (AvgIpc) is 2.91. The van der Waals surface area contributed by atoms with Gasteiger partial charge in [-0.3, -0.25) is 0 Å². The van der Waals surface area contributed by atoms with Gasteiger partial charge in [0.15, 0.2) is 12.1 Å². The maximum absolute atomic E-state index is 11.9. The fraction of sp³-hybridized carbons (Fsp3) is 0.533. The summed E-state index contributed by atoms with van der Waals surface area (Å²) in [6, 6.07) is 8.40. The third-order valence-electron chi connectivity index (χ3n) is 3.59. The van der Waals surface area contributed by atoms with Crippen molar-refractivity contribution in [2.24, 2.45) is 5.73 Å². The molecular formula is C15H19NO5. The summed E-state index contributed by atoms with van der Waals surface area (Å²) in [5.41, 5.74) is 6.59. The van der Waals surface area contributed by atoms with E-state index in [1.54, 1.807) is 24.3 Å². The Hall–Kier alpha value is -1.47. The second-order valence-electron chi connectivity index (χ2n) is 5.68. The standard InChI is InChI=1S/C15H19NO5/c1-15(2)20-12-11(16)10(19-14(12)21-15)8-18-13(17)9-6-4-3-5-7-9/h3-7,10-12,14H,8,16H2,1-2H3/t10-,11-,12-,14-/m1/s1. The Bertz CT molecular complexity index is 518. The zero-order valence-electron chi connectivity index (χ0n) is 12.0. The van der Waals surface area contributed by atoms with E-state index in [2.05, 4.69) is 0 Å². The van der Waals surface area contributed by atoms with E-state index in [0.717, 1.165) is 0 Å². The molecule has 0 spiro atoms. The lowest BCUT2D eigenvalue weighted by molar-refractivity contribution is -0.209. The largest absolute Gasteiger partial charge is 0.459 e. The summed E-state index contributed by atoms with van der Waals surface area (Å²) >= 11 is 0. The number of esters is 1. The predicted molar refractivity (Wildman–Crippen MR) is 73.4 cm³/mol. The summed E-state index contributed by atoms with van der Waals surface area (Å²) in [6.07, 6.45) is -1.26. The molecule has 0 saturated carbocycles. The lowest BCUT2D eigenvalue weighted by Gasteiger charge is -2.23. The molecule has 114 valence electrons. The molecule has 0 aromatic heterocycles. The summed E-state index contributed by atoms with van der Waals surface area (Å²) in [5.74, 6) is -1.09. The van der Waals surface area contributed by atoms with Crippen molar-refractivity contribution < 1.29 is 23.7 Å². The molecule has 3 rings (SSSR count). The first kappa shape index (κ1) is 14.5. The van der Waals surface area contributed by atoms with Crippen LogP contribution < -0.4 is 5.73 Å². The Kier molecular flexibility index (Phi) is 3.71. The predicted octanol–water partition coefficient (Wildman–Crippen LogP) is 1.05. The van der Waals surface area contributed by atoms with Gasteiger partial charge in [-0.15, -0.1) is 0 Å². The molecule has 1 aromatic rings. The van der Waals surface area contributed by atoms with Gasteiger partial charge in [-0.2, -0.15) is 0 Å². The Balaban J connectivity index is 1.55. The molecule has 1 aromatic carbocycles. The maximum atomic E-state index is 11.9. The monoisotopic (exact) mass is 293 g/mol. The van der Waals surface area contributed by atoms with Crippen LogP contribution in [-0.4, -0.2) is 42.9 Å². The van der Waals surface area contributed by atoms with E-state index in [4.69, 9.17) is 24.7 Å². The fourth-order valence-electron chi connectivity index (χ4n) is 2.56. The summed E-state index contributed by atoms with van der Waals surface area (Å²) in [5, 5.41) is 0. The first-order valence-corrected chi connectivity index (χ1v) is 6.95. The van der Waals surface area contributed by atoms with Gasteiger partial charge in [-0.05, 0) is 26.0 Å². The van der Waals surface area contributed by atoms with Crippen molar-refractivity contribution in [2.45, 2.75) is 44.2 Å². The number of fused-ring (bicyclic) bond motifs is 1. The van der Waals surface area contributed by atoms with Gasteiger partial charge in [0.1, 0.15) is 18.8 Å². The van der Waals surface area contributed by atoms with Gasteiger partial charge < -0.3 is 24.7 Å². The van der Waals surface area contributed by atoms with Gasteiger partial charge in [-0.25, -0.2) is 4.79 Å². The molecule has 0 unspecified atom stereocenters. The van der Waals surface area contributed by atoms with E-state index in [9.17, 15) is 4.79 Å². The van der Waals surface area contributed by atoms with E-state index < -0.39 is 24.2 Å². The molecule has 2 aliphatic rings. The third-order valence-corrected chi connectivity index (χ3v) is 3.59. The van der Waals surface area contributed by atoms with Crippen LogP contribution in [0.25, 0.3) is 0 Å². The fourth-order valence-corrected chi connectivity index (χ4v) is 2.56. The molecule has 2 N–H and O–H groups in total. The number of ether oxygens (including phenoxy) is 4. The highest BCUT2D eigenvalue weighted by molar-refractivity contribution is 5.89. The third kappa shape index (κ3) is 2.94. The summed E-state index contributed by atoms with van der Waals surface area (Å²) < 4.78 is 22.2. The normalized spacial score (nSPS) is 33.7. The Morgan fingerprint density at radius 1 is 1.29 bits per heavy atom. The Morgan fingerprint density at radius 3 is 2.67 bits per heavy atom. The van der Waals surface area contributed by atoms with Crippen LogP contribution in [0.4, 0.5) is 0 Å². The van der Waals surface area contributed by atoms with Gasteiger partial charge in [0.05, 0.1) is 11.6 Å². The van der Waals surface area contributed by atoms with Crippen molar-refractivity contribution in [1.82, 2.24) is 0 Å². The van der Waals surface area contributed by atoms with Gasteiger partial charge >= 0.3 is 5.97 Å². The molecule has 2 aliphatic heterocycles. The number of carbonyl (C=O) groups is 1. The molecule has 21 heavy (non-hydrogen) atoms. The van der Waals surface area contributed by atoms with Crippen LogP contribution in [0.5, 0.6) is 0 Å². The lowest BCUT2D eigenvalue weighted by atomic mass is 10.1. The van der Waals surface area contributed by atoms with Gasteiger partial charge in [0.2, 0.25) is 0 Å². The zero-order chi connectivity index (χ0) is 15.0. The van der Waals surface area contributed by atoms with E-state index in [1.165, 1.54) is 0 Å². The number of benzene rings is 1. The molecule has 0 bridgehead atoms. The molecule has 0 radical (unpaired) electrons. The van der Waals surface area contributed by atoms with Crippen LogP contribution >= 0.6 is 0 Å². The topological polar surface area (TPSA) is 80.0 Å². The number of hydrogen-bond donors (Lipinski definition) is 1. The summed E-state index contributed by atoms with van der Waals surface area (Å²) in [6.45, 7) is 3.70. The highest BCUT2D eigenvalue weighted by Crippen LogP contribution is 2.36. The highest BCUT2D eigenvalue weighted by Gasteiger charge is 2.53. The van der Waals surface area contributed by atoms with E-state index in [-0.39, 0.29) is 18.8 Å². The molecule has 0 amide bonds. The highest BCUT2D eigenvalue weighted by atomic mass is 16.8. The van der Waals surface area contributed by atoms with Gasteiger partial charge in [0, 0.05) is 0 Å². The molecule has 4 atom stereocenters. The van der Waals surface area contributed by atoms with Crippen LogP contribution in [0.15, 0.2) is 30.3 Å². The molecule has 2 heterocycles. The maximum Gasteiger partial charge on any atom is 0.338 e. The number of carbonyl (C=O) groups excluding carboxylic acids is 1. The van der Waals surface area contributed by atoms with Crippen LogP contribution in [0.1, 0.15) is 24.2 Å². The molecule has 2 saturated heterocycles. The number of nitrogens with two attached hydrogens (primary N) is 1. The molecule has 0 aliphatic carbocycles. The molecular weight excluding hydrogens is 274 g/mol. The smallest absolute Gasteiger partial charge is 0.338 e. The minimum Gasteiger partial charge on any atom is -0.459 e. The Labute approximate surface area is 123 Å². The van der Waals surface area contributed by atoms with Gasteiger partial charge in [0.25, 0.3) is 0 Å². The van der Waals surface area contributed by atoms with Crippen molar-refractivity contribution >= 4 is 5.97 Å². The minimum atomic E-state index is -0.696. The Morgan fingerprint density at radius 2 is 2.00 bits per heavy atom. The van der Waals surface area contributed by atoms with E-state index >= 15 is 0 Å². The summed E-state index contributed by atoms with van der Waals surface area (Å²) in [7, 11) is 0. The quantitative estimate of drug-likeness (QED) is 0.839. The molecule has 2 fully saturated rings. The number of rotatable bonds is 3. The first-order valence-electron chi connectivity index (χ1n) is 6.95. The van der Waals surface area contributed by atoms with Crippen molar-refractivity contribution in [3.8, 4) is 0 Å². The molecule has 6 heteroatoms. The number of hydrogen-bond acceptors (Lipinski definition) is 6. The van der Waals surface area contributed by atoms with Crippen LogP contribution in [0, 0.1) is 0 Å².